The van der Waals surface area contributed by atoms with E-state index in [0.717, 1.165) is 16.7 Å². The van der Waals surface area contributed by atoms with Crippen LogP contribution >= 0.6 is 11.6 Å². The van der Waals surface area contributed by atoms with Crippen molar-refractivity contribution in [3.8, 4) is 0 Å². The molecule has 0 radical (unpaired) electrons. The van der Waals surface area contributed by atoms with Crippen molar-refractivity contribution in [3.63, 3.8) is 0 Å². The Balaban J connectivity index is 2.40. The summed E-state index contributed by atoms with van der Waals surface area (Å²) < 4.78 is 1.93. The van der Waals surface area contributed by atoms with Crippen molar-refractivity contribution >= 4 is 28.6 Å². The summed E-state index contributed by atoms with van der Waals surface area (Å²) >= 11 is 5.86. The van der Waals surface area contributed by atoms with Gasteiger partial charge in [0.1, 0.15) is 0 Å². The van der Waals surface area contributed by atoms with Gasteiger partial charge in [-0.25, -0.2) is 0 Å². The molecule has 0 unspecified atom stereocenters. The van der Waals surface area contributed by atoms with Gasteiger partial charge in [0.25, 0.3) is 0 Å². The quantitative estimate of drug-likeness (QED) is 0.892. The summed E-state index contributed by atoms with van der Waals surface area (Å²) in [5, 5.41) is 9.22. The fourth-order valence-corrected chi connectivity index (χ4v) is 1.86. The van der Waals surface area contributed by atoms with Crippen molar-refractivity contribution in [2.24, 2.45) is 7.05 Å². The van der Waals surface area contributed by atoms with E-state index in [1.165, 1.54) is 0 Å². The van der Waals surface area contributed by atoms with E-state index >= 15 is 0 Å². The van der Waals surface area contributed by atoms with E-state index in [1.54, 1.807) is 6.20 Å². The number of hydrogen-bond acceptors (Lipinski definition) is 2. The summed E-state index contributed by atoms with van der Waals surface area (Å²) in [6.45, 7) is 0. The molecule has 0 saturated heterocycles. The molecule has 0 bridgehead atoms. The maximum absolute atomic E-state index is 10.5. The van der Waals surface area contributed by atoms with Crippen molar-refractivity contribution in [1.29, 1.82) is 0 Å². The lowest BCUT2D eigenvalue weighted by Gasteiger charge is -2.01. The van der Waals surface area contributed by atoms with Gasteiger partial charge in [-0.15, -0.1) is 0 Å². The van der Waals surface area contributed by atoms with Crippen molar-refractivity contribution in [1.82, 2.24) is 9.55 Å². The predicted octanol–water partition coefficient (Wildman–Crippen LogP) is 2.24. The number of aryl methyl sites for hydroxylation is 2. The molecular weight excluding hydrogens is 228 g/mol. The number of carboxylic acid groups (broad SMARTS) is 1. The van der Waals surface area contributed by atoms with Gasteiger partial charge >= 0.3 is 5.97 Å². The van der Waals surface area contributed by atoms with Crippen LogP contribution in [0, 0.1) is 0 Å². The minimum atomic E-state index is -0.795. The Labute approximate surface area is 97.5 Å². The third kappa shape index (κ3) is 2.02. The Morgan fingerprint density at radius 1 is 1.56 bits per heavy atom. The highest BCUT2D eigenvalue weighted by molar-refractivity contribution is 6.31. The Morgan fingerprint density at radius 3 is 3.00 bits per heavy atom. The summed E-state index contributed by atoms with van der Waals surface area (Å²) in [6, 6.07) is 3.72. The first kappa shape index (κ1) is 11.0. The molecule has 0 aromatic carbocycles. The first-order chi connectivity index (χ1) is 7.58. The Hall–Kier alpha value is -1.55. The fraction of sp³-hybridized carbons (Fsp3) is 0.273. The smallest absolute Gasteiger partial charge is 0.303 e. The molecule has 2 heterocycles. The SMILES string of the molecule is Cn1c(CCC(=O)O)cc2ncc(Cl)cc21. The van der Waals surface area contributed by atoms with E-state index in [0.29, 0.717) is 11.4 Å². The van der Waals surface area contributed by atoms with Crippen LogP contribution in [0.15, 0.2) is 18.3 Å². The number of aliphatic carboxylic acids is 1. The van der Waals surface area contributed by atoms with Gasteiger partial charge < -0.3 is 9.67 Å². The number of carboxylic acids is 1. The summed E-state index contributed by atoms with van der Waals surface area (Å²) in [7, 11) is 1.89. The molecule has 0 saturated carbocycles. The predicted molar refractivity (Wildman–Crippen MR) is 61.7 cm³/mol. The number of aromatic nitrogens is 2. The zero-order chi connectivity index (χ0) is 11.7. The van der Waals surface area contributed by atoms with E-state index in [1.807, 2.05) is 23.7 Å². The van der Waals surface area contributed by atoms with Crippen molar-refractivity contribution in [3.05, 3.63) is 29.0 Å². The van der Waals surface area contributed by atoms with E-state index in [2.05, 4.69) is 4.98 Å². The number of pyridine rings is 1. The molecule has 0 aliphatic carbocycles. The number of nitrogens with zero attached hydrogens (tertiary/aromatic N) is 2. The van der Waals surface area contributed by atoms with E-state index < -0.39 is 5.97 Å². The molecule has 0 aliphatic heterocycles. The maximum atomic E-state index is 10.5. The molecule has 2 aromatic rings. The van der Waals surface area contributed by atoms with Gasteiger partial charge in [-0.1, -0.05) is 11.6 Å². The number of fused-ring (bicyclic) bond motifs is 1. The molecule has 0 aliphatic rings. The largest absolute Gasteiger partial charge is 0.481 e. The molecule has 5 heteroatoms. The highest BCUT2D eigenvalue weighted by Crippen LogP contribution is 2.20. The van der Waals surface area contributed by atoms with Gasteiger partial charge in [0, 0.05) is 18.9 Å². The van der Waals surface area contributed by atoms with Crippen LogP contribution in [0.4, 0.5) is 0 Å². The molecule has 0 amide bonds. The van der Waals surface area contributed by atoms with Crippen LogP contribution in [0.1, 0.15) is 12.1 Å². The second-order valence-corrected chi connectivity index (χ2v) is 4.08. The molecule has 16 heavy (non-hydrogen) atoms. The van der Waals surface area contributed by atoms with E-state index in [4.69, 9.17) is 16.7 Å². The highest BCUT2D eigenvalue weighted by atomic mass is 35.5. The first-order valence-corrected chi connectivity index (χ1v) is 5.27. The van der Waals surface area contributed by atoms with Crippen LogP contribution in [-0.2, 0) is 18.3 Å². The summed E-state index contributed by atoms with van der Waals surface area (Å²) in [5.74, 6) is -0.795. The molecular formula is C11H11ClN2O2. The fourth-order valence-electron chi connectivity index (χ4n) is 1.70. The Kier molecular flexibility index (Phi) is 2.83. The van der Waals surface area contributed by atoms with Crippen LogP contribution in [0.2, 0.25) is 5.02 Å². The zero-order valence-electron chi connectivity index (χ0n) is 8.77. The monoisotopic (exact) mass is 238 g/mol. The number of carbonyl (C=O) groups is 1. The summed E-state index contributed by atoms with van der Waals surface area (Å²) in [4.78, 5) is 14.7. The Morgan fingerprint density at radius 2 is 2.31 bits per heavy atom. The lowest BCUT2D eigenvalue weighted by Crippen LogP contribution is -2.01. The molecule has 4 nitrogen and oxygen atoms in total. The molecule has 0 fully saturated rings. The first-order valence-electron chi connectivity index (χ1n) is 4.89. The van der Waals surface area contributed by atoms with E-state index in [9.17, 15) is 4.79 Å². The van der Waals surface area contributed by atoms with Crippen LogP contribution in [0.25, 0.3) is 11.0 Å². The van der Waals surface area contributed by atoms with Crippen molar-refractivity contribution in [2.45, 2.75) is 12.8 Å². The lowest BCUT2D eigenvalue weighted by molar-refractivity contribution is -0.136. The zero-order valence-corrected chi connectivity index (χ0v) is 9.53. The van der Waals surface area contributed by atoms with Crippen LogP contribution in [-0.4, -0.2) is 20.6 Å². The average molecular weight is 239 g/mol. The van der Waals surface area contributed by atoms with Crippen LogP contribution in [0.5, 0.6) is 0 Å². The van der Waals surface area contributed by atoms with Gasteiger partial charge in [0.05, 0.1) is 22.5 Å². The van der Waals surface area contributed by atoms with Crippen LogP contribution in [0.3, 0.4) is 0 Å². The molecule has 84 valence electrons. The lowest BCUT2D eigenvalue weighted by atomic mass is 10.2. The highest BCUT2D eigenvalue weighted by Gasteiger charge is 2.08. The van der Waals surface area contributed by atoms with Gasteiger partial charge in [0.15, 0.2) is 0 Å². The van der Waals surface area contributed by atoms with Crippen LogP contribution < -0.4 is 0 Å². The van der Waals surface area contributed by atoms with Crippen molar-refractivity contribution in [2.75, 3.05) is 0 Å². The van der Waals surface area contributed by atoms with E-state index in [-0.39, 0.29) is 6.42 Å². The second-order valence-electron chi connectivity index (χ2n) is 3.65. The standard InChI is InChI=1S/C11H11ClN2O2/c1-14-8(2-3-11(15)16)5-9-10(14)4-7(12)6-13-9/h4-6H,2-3H2,1H3,(H,15,16). The third-order valence-electron chi connectivity index (χ3n) is 2.55. The second kappa shape index (κ2) is 4.14. The molecule has 1 N–H and O–H groups in total. The van der Waals surface area contributed by atoms with Crippen molar-refractivity contribution < 1.29 is 9.90 Å². The molecule has 2 rings (SSSR count). The van der Waals surface area contributed by atoms with Gasteiger partial charge in [-0.2, -0.15) is 0 Å². The summed E-state index contributed by atoms with van der Waals surface area (Å²) in [6.07, 6.45) is 2.21. The third-order valence-corrected chi connectivity index (χ3v) is 2.76. The minimum absolute atomic E-state index is 0.123. The maximum Gasteiger partial charge on any atom is 0.303 e. The van der Waals surface area contributed by atoms with Gasteiger partial charge in [0.2, 0.25) is 0 Å². The molecule has 2 aromatic heterocycles. The Bertz CT molecular complexity index is 548. The number of halogens is 1. The molecule has 0 spiro atoms. The van der Waals surface area contributed by atoms with Gasteiger partial charge in [-0.05, 0) is 18.6 Å². The minimum Gasteiger partial charge on any atom is -0.481 e. The number of hydrogen-bond donors (Lipinski definition) is 1. The average Bonchev–Trinajstić information content (AvgIpc) is 2.53. The molecule has 0 atom stereocenters. The number of rotatable bonds is 3. The topological polar surface area (TPSA) is 55.1 Å². The normalized spacial score (nSPS) is 10.9. The van der Waals surface area contributed by atoms with Gasteiger partial charge in [-0.3, -0.25) is 9.78 Å². The summed E-state index contributed by atoms with van der Waals surface area (Å²) in [5.41, 5.74) is 2.72.